The number of rotatable bonds is 6. The topological polar surface area (TPSA) is 21.1 Å². The lowest BCUT2D eigenvalue weighted by Crippen LogP contribution is -2.26. The molecule has 3 nitrogen and oxygen atoms in total. The lowest BCUT2D eigenvalue weighted by atomic mass is 9.78. The lowest BCUT2D eigenvalue weighted by Gasteiger charge is -2.35. The quantitative estimate of drug-likeness (QED) is 0.174. The monoisotopic (exact) mass is 683 g/mol. The van der Waals surface area contributed by atoms with Crippen molar-refractivity contribution in [2.24, 2.45) is 0 Å². The van der Waals surface area contributed by atoms with Crippen molar-refractivity contribution < 1.29 is 0 Å². The third-order valence-electron chi connectivity index (χ3n) is 11.8. The number of allylic oxidation sites excluding steroid dienone is 7. The van der Waals surface area contributed by atoms with Crippen molar-refractivity contribution in [2.45, 2.75) is 43.9 Å². The molecule has 7 aromatic rings. The van der Waals surface area contributed by atoms with Crippen LogP contribution in [0.15, 0.2) is 193 Å². The molecule has 2 unspecified atom stereocenters. The zero-order valence-corrected chi connectivity index (χ0v) is 30.2. The van der Waals surface area contributed by atoms with Crippen LogP contribution in [0.2, 0.25) is 0 Å². The Labute approximate surface area is 311 Å². The minimum atomic E-state index is -0.0162. The Balaban J connectivity index is 1.04. The molecular formula is C50H41N3. The van der Waals surface area contributed by atoms with Gasteiger partial charge < -0.3 is 9.47 Å². The first kappa shape index (κ1) is 31.5. The van der Waals surface area contributed by atoms with Crippen molar-refractivity contribution in [3.8, 4) is 16.8 Å². The van der Waals surface area contributed by atoms with Crippen LogP contribution in [0.3, 0.4) is 0 Å². The van der Waals surface area contributed by atoms with Crippen LogP contribution in [0.5, 0.6) is 0 Å². The molecule has 2 aromatic heterocycles. The van der Waals surface area contributed by atoms with Gasteiger partial charge in [-0.25, -0.2) is 0 Å². The summed E-state index contributed by atoms with van der Waals surface area (Å²) in [6.07, 6.45) is 17.6. The number of fused-ring (bicyclic) bond motifs is 6. The largest absolute Gasteiger partial charge is 0.315 e. The zero-order valence-electron chi connectivity index (χ0n) is 30.2. The number of benzene rings is 5. The molecule has 3 heteroatoms. The molecule has 0 spiro atoms. The summed E-state index contributed by atoms with van der Waals surface area (Å²) in [4.78, 5) is 6.96. The van der Waals surface area contributed by atoms with E-state index >= 15 is 0 Å². The molecule has 0 aliphatic heterocycles. The lowest BCUT2D eigenvalue weighted by molar-refractivity contribution is 0.608. The summed E-state index contributed by atoms with van der Waals surface area (Å²) in [6.45, 7) is 4.80. The van der Waals surface area contributed by atoms with E-state index in [0.717, 1.165) is 12.8 Å². The molecule has 0 radical (unpaired) electrons. The number of hydrogen-bond acceptors (Lipinski definition) is 2. The van der Waals surface area contributed by atoms with Gasteiger partial charge in [0.1, 0.15) is 0 Å². The molecule has 5 aromatic carbocycles. The first-order valence-electron chi connectivity index (χ1n) is 18.8. The normalized spacial score (nSPS) is 18.6. The summed E-state index contributed by atoms with van der Waals surface area (Å²) < 4.78 is 2.38. The maximum Gasteiger partial charge on any atom is 0.0541 e. The first-order chi connectivity index (χ1) is 26.0. The van der Waals surface area contributed by atoms with Gasteiger partial charge >= 0.3 is 0 Å². The Bertz CT molecular complexity index is 2640. The standard InChI is InChI=1S/C50H41N3/c1-50(2)46-19-8-6-17-42(46)43-27-26-41(32-47(43)50)52(40-16-10-12-35(30-40)37-13-11-29-51-33-37)39-24-21-34(22-25-39)36-23-28-49-45(31-36)44-18-7-9-20-48(44)53(49)38-14-4-3-5-15-38/h3-26,28-29,31-33,35,43H,27,30H2,1-2H3. The minimum Gasteiger partial charge on any atom is -0.315 e. The van der Waals surface area contributed by atoms with Crippen molar-refractivity contribution in [3.63, 3.8) is 0 Å². The van der Waals surface area contributed by atoms with Gasteiger partial charge in [-0.15, -0.1) is 0 Å². The second-order valence-corrected chi connectivity index (χ2v) is 15.2. The molecular weight excluding hydrogens is 643 g/mol. The number of pyridine rings is 1. The van der Waals surface area contributed by atoms with Crippen LogP contribution in [-0.4, -0.2) is 9.55 Å². The average Bonchev–Trinajstić information content (AvgIpc) is 3.67. The molecule has 2 atom stereocenters. The van der Waals surface area contributed by atoms with Gasteiger partial charge in [-0.2, -0.15) is 0 Å². The molecule has 3 aliphatic carbocycles. The number of nitrogens with zero attached hydrogens (tertiary/aromatic N) is 3. The third kappa shape index (κ3) is 5.22. The fraction of sp³-hybridized carbons (Fsp3) is 0.140. The third-order valence-corrected chi connectivity index (χ3v) is 11.8. The van der Waals surface area contributed by atoms with Crippen LogP contribution in [-0.2, 0) is 5.41 Å². The summed E-state index contributed by atoms with van der Waals surface area (Å²) in [5.74, 6) is 0.701. The van der Waals surface area contributed by atoms with Crippen molar-refractivity contribution in [2.75, 3.05) is 4.90 Å². The Morgan fingerprint density at radius 3 is 2.36 bits per heavy atom. The predicted molar refractivity (Wildman–Crippen MR) is 221 cm³/mol. The maximum atomic E-state index is 4.45. The summed E-state index contributed by atoms with van der Waals surface area (Å²) in [7, 11) is 0. The highest BCUT2D eigenvalue weighted by molar-refractivity contribution is 6.10. The number of aromatic nitrogens is 2. The Morgan fingerprint density at radius 2 is 1.51 bits per heavy atom. The van der Waals surface area contributed by atoms with Crippen molar-refractivity contribution in [1.29, 1.82) is 0 Å². The molecule has 0 amide bonds. The number of anilines is 1. The molecule has 256 valence electrons. The van der Waals surface area contributed by atoms with Gasteiger partial charge in [0.25, 0.3) is 0 Å². The van der Waals surface area contributed by atoms with Crippen LogP contribution >= 0.6 is 0 Å². The van der Waals surface area contributed by atoms with Crippen LogP contribution in [0.1, 0.15) is 55.2 Å². The zero-order chi connectivity index (χ0) is 35.5. The SMILES string of the molecule is CC1(C)C2=CC(N(C3=CC=CC(c4cccnc4)C3)c3ccc(-c4ccc5c(c4)c4ccccc4n5-c4ccccc4)cc3)=CCC2c2ccccc21. The Hall–Kier alpha value is -6.19. The van der Waals surface area contributed by atoms with Crippen LogP contribution in [0.4, 0.5) is 5.69 Å². The van der Waals surface area contributed by atoms with Crippen LogP contribution < -0.4 is 4.90 Å². The van der Waals surface area contributed by atoms with E-state index in [4.69, 9.17) is 0 Å². The summed E-state index contributed by atoms with van der Waals surface area (Å²) in [6, 6.07) is 48.8. The Kier molecular flexibility index (Phi) is 7.43. The molecule has 0 fully saturated rings. The van der Waals surface area contributed by atoms with Crippen LogP contribution in [0.25, 0.3) is 38.6 Å². The van der Waals surface area contributed by atoms with Crippen molar-refractivity contribution >= 4 is 27.5 Å². The van der Waals surface area contributed by atoms with E-state index < -0.39 is 0 Å². The van der Waals surface area contributed by atoms with E-state index in [1.54, 1.807) is 0 Å². The van der Waals surface area contributed by atoms with Crippen LogP contribution in [0, 0.1) is 0 Å². The summed E-state index contributed by atoms with van der Waals surface area (Å²) in [5, 5.41) is 2.53. The van der Waals surface area contributed by atoms with E-state index in [1.165, 1.54) is 78.0 Å². The van der Waals surface area contributed by atoms with E-state index in [-0.39, 0.29) is 11.3 Å². The first-order valence-corrected chi connectivity index (χ1v) is 18.8. The highest BCUT2D eigenvalue weighted by Crippen LogP contribution is 2.54. The van der Waals surface area contributed by atoms with Gasteiger partial charge in [-0.1, -0.05) is 123 Å². The van der Waals surface area contributed by atoms with Crippen molar-refractivity contribution in [1.82, 2.24) is 9.55 Å². The second-order valence-electron chi connectivity index (χ2n) is 15.2. The van der Waals surface area contributed by atoms with E-state index in [0.29, 0.717) is 5.92 Å². The fourth-order valence-corrected chi connectivity index (χ4v) is 9.22. The van der Waals surface area contributed by atoms with E-state index in [9.17, 15) is 0 Å². The summed E-state index contributed by atoms with van der Waals surface area (Å²) >= 11 is 0. The summed E-state index contributed by atoms with van der Waals surface area (Å²) in [5.41, 5.74) is 15.5. The van der Waals surface area contributed by atoms with E-state index in [2.05, 4.69) is 186 Å². The molecule has 10 rings (SSSR count). The number of hydrogen-bond donors (Lipinski definition) is 0. The molecule has 0 N–H and O–H groups in total. The van der Waals surface area contributed by atoms with Crippen molar-refractivity contribution in [3.05, 3.63) is 210 Å². The predicted octanol–water partition coefficient (Wildman–Crippen LogP) is 12.6. The van der Waals surface area contributed by atoms with E-state index in [1.807, 2.05) is 18.5 Å². The highest BCUT2D eigenvalue weighted by Gasteiger charge is 2.42. The molecule has 53 heavy (non-hydrogen) atoms. The average molecular weight is 684 g/mol. The molecule has 0 saturated heterocycles. The minimum absolute atomic E-state index is 0.0162. The number of para-hydroxylation sites is 2. The highest BCUT2D eigenvalue weighted by atomic mass is 15.2. The van der Waals surface area contributed by atoms with Gasteiger partial charge in [-0.05, 0) is 101 Å². The van der Waals surface area contributed by atoms with Gasteiger partial charge in [-0.3, -0.25) is 4.98 Å². The van der Waals surface area contributed by atoms with Gasteiger partial charge in [0.15, 0.2) is 0 Å². The molecule has 0 saturated carbocycles. The van der Waals surface area contributed by atoms with Gasteiger partial charge in [0.05, 0.1) is 11.0 Å². The molecule has 2 heterocycles. The molecule has 3 aliphatic rings. The molecule has 0 bridgehead atoms. The Morgan fingerprint density at radius 1 is 0.736 bits per heavy atom. The smallest absolute Gasteiger partial charge is 0.0541 e. The fourth-order valence-electron chi connectivity index (χ4n) is 9.22. The van der Waals surface area contributed by atoms with Gasteiger partial charge in [0, 0.05) is 63.2 Å². The van der Waals surface area contributed by atoms with Gasteiger partial charge in [0.2, 0.25) is 0 Å². The second kappa shape index (κ2) is 12.5. The maximum absolute atomic E-state index is 4.45.